The summed E-state index contributed by atoms with van der Waals surface area (Å²) in [6, 6.07) is 13.0. The number of fused-ring (bicyclic) bond motifs is 1. The van der Waals surface area contributed by atoms with Crippen LogP contribution in [-0.4, -0.2) is 30.4 Å². The maximum atomic E-state index is 10.5. The molecule has 0 aliphatic carbocycles. The zero-order chi connectivity index (χ0) is 18.5. The molecule has 2 aromatic carbocycles. The van der Waals surface area contributed by atoms with E-state index in [0.29, 0.717) is 22.3 Å². The fourth-order valence-corrected chi connectivity index (χ4v) is 3.07. The molecule has 1 heterocycles. The molecule has 0 spiro atoms. The second kappa shape index (κ2) is 7.83. The molecule has 0 saturated carbocycles. The highest BCUT2D eigenvalue weighted by Crippen LogP contribution is 2.29. The van der Waals surface area contributed by atoms with E-state index in [0.717, 1.165) is 15.8 Å². The van der Waals surface area contributed by atoms with Crippen LogP contribution in [0.1, 0.15) is 12.5 Å². The zero-order valence-corrected chi connectivity index (χ0v) is 15.0. The monoisotopic (exact) mass is 370 g/mol. The number of carboxylic acid groups (broad SMARTS) is 1. The van der Waals surface area contributed by atoms with Crippen molar-refractivity contribution in [2.24, 2.45) is 5.10 Å². The second-order valence-electron chi connectivity index (χ2n) is 5.32. The Bertz CT molecular complexity index is 935. The minimum atomic E-state index is -1.30. The van der Waals surface area contributed by atoms with Crippen LogP contribution in [0.2, 0.25) is 0 Å². The third-order valence-corrected chi connectivity index (χ3v) is 4.48. The van der Waals surface area contributed by atoms with Gasteiger partial charge in [-0.05, 0) is 37.3 Å². The Morgan fingerprint density at radius 2 is 2.08 bits per heavy atom. The van der Waals surface area contributed by atoms with E-state index >= 15 is 0 Å². The molecule has 7 nitrogen and oxygen atoms in total. The smallest absolute Gasteiger partial charge is 0.204 e. The molecule has 0 unspecified atom stereocenters. The van der Waals surface area contributed by atoms with Crippen molar-refractivity contribution in [1.82, 2.24) is 4.98 Å². The Kier molecular flexibility index (Phi) is 5.33. The number of hydrogen-bond donors (Lipinski definition) is 1. The molecule has 0 atom stereocenters. The quantitative estimate of drug-likeness (QED) is 0.506. The van der Waals surface area contributed by atoms with E-state index in [1.54, 1.807) is 18.2 Å². The topological polar surface area (TPSA) is 95.9 Å². The molecular weight excluding hydrogens is 354 g/mol. The number of carboxylic acids is 1. The summed E-state index contributed by atoms with van der Waals surface area (Å²) in [5, 5.41) is 15.6. The molecule has 8 heteroatoms. The number of anilines is 1. The summed E-state index contributed by atoms with van der Waals surface area (Å²) >= 11 is 1.52. The summed E-state index contributed by atoms with van der Waals surface area (Å²) in [5.41, 5.74) is 5.40. The molecule has 1 N–H and O–H groups in total. The van der Waals surface area contributed by atoms with Crippen LogP contribution in [0.25, 0.3) is 10.2 Å². The number of carbonyl (C=O) groups is 1. The lowest BCUT2D eigenvalue weighted by Gasteiger charge is -2.12. The van der Waals surface area contributed by atoms with Crippen LogP contribution in [0.4, 0.5) is 5.13 Å². The minimum absolute atomic E-state index is 0.326. The summed E-state index contributed by atoms with van der Waals surface area (Å²) in [4.78, 5) is 15.0. The molecule has 3 rings (SSSR count). The molecule has 0 radical (unpaired) electrons. The SMILES string of the molecule is COc1cc(/C(C)=N\Nc2nc3ccccc3s2)ccc1OCC(=O)[O-]. The highest BCUT2D eigenvalue weighted by Gasteiger charge is 2.08. The van der Waals surface area contributed by atoms with E-state index in [1.807, 2.05) is 31.2 Å². The van der Waals surface area contributed by atoms with E-state index in [-0.39, 0.29) is 0 Å². The molecule has 0 aliphatic rings. The van der Waals surface area contributed by atoms with Crippen LogP contribution in [0.3, 0.4) is 0 Å². The van der Waals surface area contributed by atoms with Gasteiger partial charge < -0.3 is 19.4 Å². The first-order valence-electron chi connectivity index (χ1n) is 7.74. The number of hydrazone groups is 1. The summed E-state index contributed by atoms with van der Waals surface area (Å²) in [5.74, 6) is -0.556. The van der Waals surface area contributed by atoms with E-state index < -0.39 is 12.6 Å². The number of ether oxygens (including phenoxy) is 2. The molecule has 1 aromatic heterocycles. The van der Waals surface area contributed by atoms with Gasteiger partial charge in [0.05, 0.1) is 29.0 Å². The van der Waals surface area contributed by atoms with Crippen LogP contribution in [-0.2, 0) is 4.79 Å². The lowest BCUT2D eigenvalue weighted by atomic mass is 10.1. The number of nitrogens with zero attached hydrogens (tertiary/aromatic N) is 2. The van der Waals surface area contributed by atoms with Gasteiger partial charge in [-0.3, -0.25) is 5.43 Å². The maximum absolute atomic E-state index is 10.5. The van der Waals surface area contributed by atoms with Crippen molar-refractivity contribution in [3.8, 4) is 11.5 Å². The van der Waals surface area contributed by atoms with Crippen molar-refractivity contribution in [1.29, 1.82) is 0 Å². The highest BCUT2D eigenvalue weighted by molar-refractivity contribution is 7.22. The van der Waals surface area contributed by atoms with Crippen molar-refractivity contribution in [3.05, 3.63) is 48.0 Å². The van der Waals surface area contributed by atoms with E-state index in [2.05, 4.69) is 15.5 Å². The van der Waals surface area contributed by atoms with Crippen LogP contribution < -0.4 is 20.0 Å². The summed E-state index contributed by atoms with van der Waals surface area (Å²) in [6.07, 6.45) is 0. The van der Waals surface area contributed by atoms with Gasteiger partial charge in [-0.2, -0.15) is 5.10 Å². The third-order valence-electron chi connectivity index (χ3n) is 3.54. The van der Waals surface area contributed by atoms with E-state index in [1.165, 1.54) is 18.4 Å². The van der Waals surface area contributed by atoms with Crippen molar-refractivity contribution >= 4 is 38.4 Å². The molecule has 0 bridgehead atoms. The minimum Gasteiger partial charge on any atom is -0.546 e. The van der Waals surface area contributed by atoms with E-state index in [4.69, 9.17) is 9.47 Å². The van der Waals surface area contributed by atoms with Gasteiger partial charge in [-0.1, -0.05) is 23.5 Å². The predicted molar refractivity (Wildman–Crippen MR) is 98.9 cm³/mol. The molecule has 134 valence electrons. The number of thiazole rings is 1. The molecular formula is C18H16N3O4S-. The first-order chi connectivity index (χ1) is 12.6. The predicted octanol–water partition coefficient (Wildman–Crippen LogP) is 2.27. The lowest BCUT2D eigenvalue weighted by Crippen LogP contribution is -2.29. The fourth-order valence-electron chi connectivity index (χ4n) is 2.26. The van der Waals surface area contributed by atoms with Crippen LogP contribution in [0.15, 0.2) is 47.6 Å². The second-order valence-corrected chi connectivity index (χ2v) is 6.35. The Balaban J connectivity index is 1.76. The Hall–Kier alpha value is -3.13. The number of aromatic nitrogens is 1. The fraction of sp³-hybridized carbons (Fsp3) is 0.167. The van der Waals surface area contributed by atoms with Gasteiger partial charge in [0.15, 0.2) is 11.5 Å². The number of nitrogens with one attached hydrogen (secondary N) is 1. The van der Waals surface area contributed by atoms with Crippen LogP contribution >= 0.6 is 11.3 Å². The van der Waals surface area contributed by atoms with Gasteiger partial charge in [-0.15, -0.1) is 0 Å². The number of rotatable bonds is 7. The number of methoxy groups -OCH3 is 1. The summed E-state index contributed by atoms with van der Waals surface area (Å²) in [6.45, 7) is 1.30. The highest BCUT2D eigenvalue weighted by atomic mass is 32.1. The zero-order valence-electron chi connectivity index (χ0n) is 14.2. The van der Waals surface area contributed by atoms with Gasteiger partial charge in [0, 0.05) is 5.56 Å². The van der Waals surface area contributed by atoms with Crippen molar-refractivity contribution < 1.29 is 19.4 Å². The normalized spacial score (nSPS) is 11.4. The summed E-state index contributed by atoms with van der Waals surface area (Å²) in [7, 11) is 1.48. The Labute approximate surface area is 153 Å². The number of hydrogen-bond acceptors (Lipinski definition) is 8. The van der Waals surface area contributed by atoms with Gasteiger partial charge in [0.25, 0.3) is 0 Å². The standard InChI is InChI=1S/C18H17N3O4S/c1-11(20-21-18-19-13-5-3-4-6-16(13)26-18)12-7-8-14(15(9-12)24-2)25-10-17(22)23/h3-9H,10H2,1-2H3,(H,19,21)(H,22,23)/p-1/b20-11-. The van der Waals surface area contributed by atoms with E-state index in [9.17, 15) is 9.90 Å². The lowest BCUT2D eigenvalue weighted by molar-refractivity contribution is -0.307. The molecule has 0 fully saturated rings. The van der Waals surface area contributed by atoms with Crippen LogP contribution in [0, 0.1) is 0 Å². The number of para-hydroxylation sites is 1. The van der Waals surface area contributed by atoms with Crippen molar-refractivity contribution in [2.45, 2.75) is 6.92 Å². The first kappa shape index (κ1) is 17.7. The molecule has 0 amide bonds. The van der Waals surface area contributed by atoms with Gasteiger partial charge >= 0.3 is 0 Å². The Morgan fingerprint density at radius 1 is 1.27 bits per heavy atom. The Morgan fingerprint density at radius 3 is 2.81 bits per heavy atom. The number of benzene rings is 2. The van der Waals surface area contributed by atoms with Gasteiger partial charge in [-0.25, -0.2) is 4.98 Å². The maximum Gasteiger partial charge on any atom is 0.204 e. The van der Waals surface area contributed by atoms with Crippen molar-refractivity contribution in [2.75, 3.05) is 19.1 Å². The molecule has 3 aromatic rings. The number of aliphatic carboxylic acids is 1. The van der Waals surface area contributed by atoms with Gasteiger partial charge in [0.2, 0.25) is 5.13 Å². The van der Waals surface area contributed by atoms with Crippen molar-refractivity contribution in [3.63, 3.8) is 0 Å². The average Bonchev–Trinajstić information content (AvgIpc) is 3.07. The molecule has 0 aliphatic heterocycles. The van der Waals surface area contributed by atoms with Gasteiger partial charge in [0.1, 0.15) is 6.61 Å². The third kappa shape index (κ3) is 4.09. The number of carbonyl (C=O) groups excluding carboxylic acids is 1. The molecule has 0 saturated heterocycles. The van der Waals surface area contributed by atoms with Crippen LogP contribution in [0.5, 0.6) is 11.5 Å². The molecule has 26 heavy (non-hydrogen) atoms. The average molecular weight is 370 g/mol. The summed E-state index contributed by atoms with van der Waals surface area (Å²) < 4.78 is 11.5. The first-order valence-corrected chi connectivity index (χ1v) is 8.55. The largest absolute Gasteiger partial charge is 0.546 e.